The molecule has 0 aliphatic carbocycles. The van der Waals surface area contributed by atoms with Crippen molar-refractivity contribution in [1.29, 1.82) is 0 Å². The minimum atomic E-state index is -0.475. The first kappa shape index (κ1) is 27.9. The summed E-state index contributed by atoms with van der Waals surface area (Å²) in [6.45, 7) is 9.12. The molecule has 1 aliphatic rings. The zero-order valence-corrected chi connectivity index (χ0v) is 23.8. The largest absolute Gasteiger partial charge is 0.487 e. The zero-order valence-electron chi connectivity index (χ0n) is 23.8. The molecular weight excluding hydrogens is 516 g/mol. The summed E-state index contributed by atoms with van der Waals surface area (Å²) in [5.74, 6) is 0.610. The lowest BCUT2D eigenvalue weighted by atomic mass is 10.1. The molecule has 1 saturated heterocycles. The first-order valence-corrected chi connectivity index (χ1v) is 14.0. The maximum Gasteiger partial charge on any atom is 0.343 e. The molecule has 3 aromatic carbocycles. The Labute approximate surface area is 240 Å². The van der Waals surface area contributed by atoms with Crippen LogP contribution in [0.2, 0.25) is 0 Å². The molecule has 0 amide bonds. The fourth-order valence-corrected chi connectivity index (χ4v) is 4.74. The molecule has 7 nitrogen and oxygen atoms in total. The van der Waals surface area contributed by atoms with Gasteiger partial charge in [-0.15, -0.1) is 0 Å². The van der Waals surface area contributed by atoms with E-state index >= 15 is 0 Å². The lowest BCUT2D eigenvalue weighted by molar-refractivity contribution is -0.697. The molecule has 1 fully saturated rings. The Morgan fingerprint density at radius 2 is 1.22 bits per heavy atom. The highest BCUT2D eigenvalue weighted by Gasteiger charge is 2.17. The Morgan fingerprint density at radius 3 is 1.76 bits per heavy atom. The summed E-state index contributed by atoms with van der Waals surface area (Å²) in [4.78, 5) is 27.8. The lowest BCUT2D eigenvalue weighted by Crippen LogP contribution is -2.36. The van der Waals surface area contributed by atoms with Gasteiger partial charge in [-0.2, -0.15) is 0 Å². The molecule has 0 spiro atoms. The molecule has 1 aliphatic heterocycles. The van der Waals surface area contributed by atoms with E-state index in [2.05, 4.69) is 34.0 Å². The van der Waals surface area contributed by atoms with Crippen LogP contribution >= 0.6 is 0 Å². The number of ether oxygens (including phenoxy) is 3. The molecule has 1 aromatic heterocycles. The van der Waals surface area contributed by atoms with E-state index in [-0.39, 0.29) is 0 Å². The van der Waals surface area contributed by atoms with Crippen LogP contribution in [0.3, 0.4) is 0 Å². The molecule has 5 rings (SSSR count). The van der Waals surface area contributed by atoms with Crippen molar-refractivity contribution < 1.29 is 28.4 Å². The number of carbonyl (C=O) groups excluding carboxylic acids is 2. The van der Waals surface area contributed by atoms with Crippen LogP contribution in [-0.2, 0) is 6.54 Å². The number of rotatable bonds is 9. The maximum atomic E-state index is 12.8. The van der Waals surface area contributed by atoms with Crippen LogP contribution in [0, 0.1) is 20.8 Å². The predicted molar refractivity (Wildman–Crippen MR) is 157 cm³/mol. The fourth-order valence-electron chi connectivity index (χ4n) is 4.74. The molecule has 0 radical (unpaired) electrons. The van der Waals surface area contributed by atoms with Crippen molar-refractivity contribution in [2.75, 3.05) is 24.6 Å². The van der Waals surface area contributed by atoms with Crippen LogP contribution in [-0.4, -0.2) is 31.6 Å². The summed E-state index contributed by atoms with van der Waals surface area (Å²) in [5.41, 5.74) is 4.67. The molecule has 0 saturated carbocycles. The predicted octanol–water partition coefficient (Wildman–Crippen LogP) is 6.02. The Bertz CT molecular complexity index is 1510. The number of esters is 2. The summed E-state index contributed by atoms with van der Waals surface area (Å²) in [6, 6.07) is 21.7. The summed E-state index contributed by atoms with van der Waals surface area (Å²) in [5, 5.41) is 0. The fraction of sp³-hybridized carbons (Fsp3) is 0.265. The number of hydrogen-bond donors (Lipinski definition) is 0. The third kappa shape index (κ3) is 6.92. The van der Waals surface area contributed by atoms with Crippen LogP contribution < -0.4 is 23.7 Å². The number of pyridine rings is 1. The summed E-state index contributed by atoms with van der Waals surface area (Å²) in [6.07, 6.45) is 6.69. The molecule has 2 heterocycles. The van der Waals surface area contributed by atoms with Crippen LogP contribution in [0.5, 0.6) is 17.2 Å². The lowest BCUT2D eigenvalue weighted by Gasteiger charge is -2.16. The number of aryl methyl sites for hydroxylation is 1. The van der Waals surface area contributed by atoms with Gasteiger partial charge in [-0.1, -0.05) is 17.7 Å². The van der Waals surface area contributed by atoms with Crippen molar-refractivity contribution in [3.8, 4) is 17.2 Å². The second kappa shape index (κ2) is 12.7. The zero-order chi connectivity index (χ0) is 28.8. The highest BCUT2D eigenvalue weighted by molar-refractivity contribution is 5.92. The molecular formula is C34H35N2O5+. The molecule has 0 bridgehead atoms. The SMILES string of the molecule is Cc1ccc(C(=O)Oc2ccc(OC(=O)c3ccc(OCC[n+]4ccc(N5CCCC5)cc4)cc3)c(C)c2C)cc1. The van der Waals surface area contributed by atoms with Gasteiger partial charge >= 0.3 is 11.9 Å². The van der Waals surface area contributed by atoms with Crippen molar-refractivity contribution >= 4 is 17.6 Å². The Morgan fingerprint density at radius 1 is 0.707 bits per heavy atom. The molecule has 4 aromatic rings. The van der Waals surface area contributed by atoms with Crippen molar-refractivity contribution in [3.05, 3.63) is 113 Å². The third-order valence-electron chi connectivity index (χ3n) is 7.43. The molecule has 41 heavy (non-hydrogen) atoms. The Balaban J connectivity index is 1.13. The molecule has 0 N–H and O–H groups in total. The average molecular weight is 552 g/mol. The molecule has 0 atom stereocenters. The smallest absolute Gasteiger partial charge is 0.343 e. The minimum absolute atomic E-state index is 0.413. The van der Waals surface area contributed by atoms with E-state index < -0.39 is 11.9 Å². The van der Waals surface area contributed by atoms with E-state index in [1.807, 2.05) is 32.9 Å². The second-order valence-corrected chi connectivity index (χ2v) is 10.3. The van der Waals surface area contributed by atoms with Gasteiger partial charge in [-0.3, -0.25) is 0 Å². The van der Waals surface area contributed by atoms with E-state index in [4.69, 9.17) is 14.2 Å². The number of benzene rings is 3. The quantitative estimate of drug-likeness (QED) is 0.144. The number of hydrogen-bond acceptors (Lipinski definition) is 6. The van der Waals surface area contributed by atoms with E-state index in [0.717, 1.165) is 36.3 Å². The maximum absolute atomic E-state index is 12.8. The standard InChI is InChI=1S/C34H35N2O5/c1-24-6-8-27(9-7-24)33(37)40-31-14-15-32(26(3)25(31)2)41-34(38)28-10-12-30(13-11-28)39-23-22-35-20-16-29(17-21-35)36-18-4-5-19-36/h6-17,20-21H,4-5,18-19,22-23H2,1-3H3/q+1. The van der Waals surface area contributed by atoms with Gasteiger partial charge in [-0.25, -0.2) is 14.2 Å². The highest BCUT2D eigenvalue weighted by Crippen LogP contribution is 2.30. The number of carbonyl (C=O) groups is 2. The summed E-state index contributed by atoms with van der Waals surface area (Å²) >= 11 is 0. The normalized spacial score (nSPS) is 12.7. The van der Waals surface area contributed by atoms with Crippen molar-refractivity contribution in [1.82, 2.24) is 0 Å². The van der Waals surface area contributed by atoms with E-state index in [0.29, 0.717) is 35.0 Å². The number of aromatic nitrogens is 1. The molecule has 210 valence electrons. The van der Waals surface area contributed by atoms with Crippen LogP contribution in [0.25, 0.3) is 0 Å². The van der Waals surface area contributed by atoms with Crippen LogP contribution in [0.4, 0.5) is 5.69 Å². The van der Waals surface area contributed by atoms with E-state index in [9.17, 15) is 9.59 Å². The van der Waals surface area contributed by atoms with Gasteiger partial charge in [0.2, 0.25) is 0 Å². The van der Waals surface area contributed by atoms with Gasteiger partial charge in [0.1, 0.15) is 23.9 Å². The van der Waals surface area contributed by atoms with Gasteiger partial charge in [0.15, 0.2) is 18.9 Å². The van der Waals surface area contributed by atoms with Gasteiger partial charge in [-0.05, 0) is 93.3 Å². The Hall–Kier alpha value is -4.65. The average Bonchev–Trinajstić information content (AvgIpc) is 3.53. The van der Waals surface area contributed by atoms with Gasteiger partial charge in [0.05, 0.1) is 11.1 Å². The van der Waals surface area contributed by atoms with Crippen molar-refractivity contribution in [2.24, 2.45) is 0 Å². The second-order valence-electron chi connectivity index (χ2n) is 10.3. The molecule has 7 heteroatoms. The minimum Gasteiger partial charge on any atom is -0.487 e. The number of anilines is 1. The van der Waals surface area contributed by atoms with Gasteiger partial charge in [0.25, 0.3) is 0 Å². The summed E-state index contributed by atoms with van der Waals surface area (Å²) in [7, 11) is 0. The van der Waals surface area contributed by atoms with Gasteiger partial charge < -0.3 is 19.1 Å². The monoisotopic (exact) mass is 551 g/mol. The topological polar surface area (TPSA) is 68.9 Å². The van der Waals surface area contributed by atoms with E-state index in [1.165, 1.54) is 18.5 Å². The molecule has 0 unspecified atom stereocenters. The first-order chi connectivity index (χ1) is 19.9. The number of nitrogens with zero attached hydrogens (tertiary/aromatic N) is 2. The van der Waals surface area contributed by atoms with E-state index in [1.54, 1.807) is 48.5 Å². The van der Waals surface area contributed by atoms with Gasteiger partial charge in [0, 0.05) is 30.9 Å². The first-order valence-electron chi connectivity index (χ1n) is 14.0. The highest BCUT2D eigenvalue weighted by atomic mass is 16.5. The van der Waals surface area contributed by atoms with Crippen LogP contribution in [0.15, 0.2) is 85.2 Å². The summed E-state index contributed by atoms with van der Waals surface area (Å²) < 4.78 is 19.3. The third-order valence-corrected chi connectivity index (χ3v) is 7.43. The Kier molecular flexibility index (Phi) is 8.63. The van der Waals surface area contributed by atoms with Crippen LogP contribution in [0.1, 0.15) is 50.2 Å². The van der Waals surface area contributed by atoms with Crippen molar-refractivity contribution in [3.63, 3.8) is 0 Å². The van der Waals surface area contributed by atoms with Crippen molar-refractivity contribution in [2.45, 2.75) is 40.2 Å².